The van der Waals surface area contributed by atoms with Gasteiger partial charge >= 0.3 is 0 Å². The summed E-state index contributed by atoms with van der Waals surface area (Å²) in [6.45, 7) is 3.58. The summed E-state index contributed by atoms with van der Waals surface area (Å²) in [4.78, 5) is 28.6. The number of carbonyl (C=O) groups is 1. The predicted molar refractivity (Wildman–Crippen MR) is 108 cm³/mol. The summed E-state index contributed by atoms with van der Waals surface area (Å²) >= 11 is 1.89. The molecule has 0 spiro atoms. The molecule has 5 rings (SSSR count). The van der Waals surface area contributed by atoms with E-state index in [-0.39, 0.29) is 11.3 Å². The van der Waals surface area contributed by atoms with Gasteiger partial charge in [0.1, 0.15) is 0 Å². The van der Waals surface area contributed by atoms with E-state index in [9.17, 15) is 9.59 Å². The number of rotatable bonds is 4. The van der Waals surface area contributed by atoms with Crippen molar-refractivity contribution in [2.24, 2.45) is 5.92 Å². The fourth-order valence-electron chi connectivity index (χ4n) is 4.94. The zero-order valence-corrected chi connectivity index (χ0v) is 16.2. The molecule has 2 atom stereocenters. The Morgan fingerprint density at radius 1 is 1.15 bits per heavy atom. The number of aryl methyl sites for hydroxylation is 1. The van der Waals surface area contributed by atoms with E-state index in [4.69, 9.17) is 0 Å². The average molecular weight is 381 g/mol. The van der Waals surface area contributed by atoms with Gasteiger partial charge < -0.3 is 9.47 Å². The van der Waals surface area contributed by atoms with Gasteiger partial charge in [-0.3, -0.25) is 9.59 Å². The van der Waals surface area contributed by atoms with Gasteiger partial charge in [0.05, 0.1) is 0 Å². The van der Waals surface area contributed by atoms with Crippen LogP contribution in [0.1, 0.15) is 40.4 Å². The summed E-state index contributed by atoms with van der Waals surface area (Å²) < 4.78 is 1.96. The van der Waals surface area contributed by atoms with E-state index in [0.29, 0.717) is 18.3 Å². The second kappa shape index (κ2) is 6.95. The Morgan fingerprint density at radius 3 is 3.00 bits per heavy atom. The van der Waals surface area contributed by atoms with Crippen LogP contribution in [-0.2, 0) is 13.0 Å². The molecule has 3 aliphatic heterocycles. The normalized spacial score (nSPS) is 23.7. The number of nitrogens with zero attached hydrogens (tertiary/aromatic N) is 2. The summed E-state index contributed by atoms with van der Waals surface area (Å²) in [5, 5.41) is 0. The van der Waals surface area contributed by atoms with Crippen molar-refractivity contribution in [1.29, 1.82) is 0 Å². The highest BCUT2D eigenvalue weighted by molar-refractivity contribution is 7.99. The molecule has 2 bridgehead atoms. The predicted octanol–water partition coefficient (Wildman–Crippen LogP) is 3.19. The van der Waals surface area contributed by atoms with Crippen LogP contribution < -0.4 is 5.56 Å². The lowest BCUT2D eigenvalue weighted by molar-refractivity contribution is 0.0904. The number of hydrogen-bond donors (Lipinski definition) is 0. The topological polar surface area (TPSA) is 42.3 Å². The summed E-state index contributed by atoms with van der Waals surface area (Å²) in [5.41, 5.74) is 3.50. The lowest BCUT2D eigenvalue weighted by atomic mass is 9.83. The fourth-order valence-corrected chi connectivity index (χ4v) is 5.99. The Morgan fingerprint density at radius 2 is 2.07 bits per heavy atom. The van der Waals surface area contributed by atoms with Gasteiger partial charge in [0, 0.05) is 66.5 Å². The first-order valence-corrected chi connectivity index (χ1v) is 10.9. The van der Waals surface area contributed by atoms with Gasteiger partial charge in [-0.1, -0.05) is 12.1 Å². The van der Waals surface area contributed by atoms with Crippen molar-refractivity contribution in [3.63, 3.8) is 0 Å². The Balaban J connectivity index is 1.25. The number of thioether (sulfide) groups is 1. The van der Waals surface area contributed by atoms with E-state index in [2.05, 4.69) is 23.1 Å². The molecule has 1 aromatic carbocycles. The molecule has 140 valence electrons. The number of aromatic nitrogens is 1. The van der Waals surface area contributed by atoms with Gasteiger partial charge in [0.25, 0.3) is 5.56 Å². The Labute approximate surface area is 163 Å². The van der Waals surface area contributed by atoms with Gasteiger partial charge in [-0.15, -0.1) is 11.8 Å². The first kappa shape index (κ1) is 17.3. The second-order valence-corrected chi connectivity index (χ2v) is 9.19. The third-order valence-corrected chi connectivity index (χ3v) is 7.34. The number of hydrogen-bond acceptors (Lipinski definition) is 4. The number of carbonyl (C=O) groups excluding carboxylic acids is 1. The molecular formula is C22H24N2O2S. The Bertz CT molecular complexity index is 952. The minimum atomic E-state index is 0.126. The number of fused-ring (bicyclic) bond motifs is 5. The minimum Gasteiger partial charge on any atom is -0.312 e. The van der Waals surface area contributed by atoms with Crippen LogP contribution in [0.3, 0.4) is 0 Å². The van der Waals surface area contributed by atoms with Gasteiger partial charge in [-0.25, -0.2) is 0 Å². The van der Waals surface area contributed by atoms with Crippen molar-refractivity contribution in [1.82, 2.24) is 9.47 Å². The van der Waals surface area contributed by atoms with Gasteiger partial charge in [0.15, 0.2) is 5.78 Å². The Hall–Kier alpha value is -1.85. The van der Waals surface area contributed by atoms with E-state index >= 15 is 0 Å². The molecular weight excluding hydrogens is 356 g/mol. The molecule has 1 aromatic heterocycles. The highest BCUT2D eigenvalue weighted by Crippen LogP contribution is 2.35. The highest BCUT2D eigenvalue weighted by Gasteiger charge is 2.34. The van der Waals surface area contributed by atoms with Crippen LogP contribution in [0.5, 0.6) is 0 Å². The van der Waals surface area contributed by atoms with Crippen LogP contribution in [0.15, 0.2) is 46.1 Å². The second-order valence-electron chi connectivity index (χ2n) is 8.05. The van der Waals surface area contributed by atoms with Crippen molar-refractivity contribution >= 4 is 17.5 Å². The van der Waals surface area contributed by atoms with E-state index in [1.165, 1.54) is 16.2 Å². The molecule has 5 heteroatoms. The molecule has 4 nitrogen and oxygen atoms in total. The van der Waals surface area contributed by atoms with E-state index in [1.807, 2.05) is 28.5 Å². The molecule has 0 radical (unpaired) electrons. The molecule has 3 aliphatic rings. The summed E-state index contributed by atoms with van der Waals surface area (Å²) in [5.74, 6) is 2.32. The monoisotopic (exact) mass is 380 g/mol. The largest absolute Gasteiger partial charge is 0.312 e. The minimum absolute atomic E-state index is 0.126. The van der Waals surface area contributed by atoms with Crippen LogP contribution in [0, 0.1) is 5.92 Å². The van der Waals surface area contributed by atoms with Crippen molar-refractivity contribution in [3.05, 3.63) is 63.6 Å². The van der Waals surface area contributed by atoms with Gasteiger partial charge in [0.2, 0.25) is 0 Å². The molecule has 1 fully saturated rings. The summed E-state index contributed by atoms with van der Waals surface area (Å²) in [7, 11) is 0. The summed E-state index contributed by atoms with van der Waals surface area (Å²) in [6.07, 6.45) is 2.82. The van der Waals surface area contributed by atoms with Crippen molar-refractivity contribution < 1.29 is 4.79 Å². The van der Waals surface area contributed by atoms with Crippen LogP contribution >= 0.6 is 11.8 Å². The maximum Gasteiger partial charge on any atom is 0.250 e. The van der Waals surface area contributed by atoms with Crippen LogP contribution in [-0.4, -0.2) is 40.6 Å². The number of ketones is 1. The van der Waals surface area contributed by atoms with Crippen molar-refractivity contribution in [2.45, 2.75) is 36.6 Å². The van der Waals surface area contributed by atoms with Crippen LogP contribution in [0.2, 0.25) is 0 Å². The molecule has 0 amide bonds. The zero-order valence-electron chi connectivity index (χ0n) is 15.4. The SMILES string of the molecule is O=C(CCN1C[C@@H]2C[C@H](C1)c1cccc(=O)n1C2)c1ccc2c(c1)CCS2. The van der Waals surface area contributed by atoms with Gasteiger partial charge in [-0.2, -0.15) is 0 Å². The van der Waals surface area contributed by atoms with Crippen molar-refractivity contribution in [2.75, 3.05) is 25.4 Å². The third-order valence-electron chi connectivity index (χ3n) is 6.22. The van der Waals surface area contributed by atoms with E-state index in [1.54, 1.807) is 6.07 Å². The highest BCUT2D eigenvalue weighted by atomic mass is 32.2. The molecule has 1 saturated heterocycles. The summed E-state index contributed by atoms with van der Waals surface area (Å²) in [6, 6.07) is 11.8. The van der Waals surface area contributed by atoms with Crippen LogP contribution in [0.25, 0.3) is 0 Å². The molecule has 0 saturated carbocycles. The van der Waals surface area contributed by atoms with Gasteiger partial charge in [-0.05, 0) is 42.5 Å². The maximum atomic E-state index is 12.7. The standard InChI is InChI=1S/C22H24N2O2S/c25-20(16-4-5-21-17(11-16)7-9-27-21)6-8-23-12-15-10-18(14-23)19-2-1-3-22(26)24(19)13-15/h1-5,11,15,18H,6-10,12-14H2/t15-,18+/m0/s1. The number of Topliss-reactive ketones (excluding diaryl/α,β-unsaturated/α-hetero) is 1. The number of piperidine rings is 1. The lowest BCUT2D eigenvalue weighted by Gasteiger charge is -2.42. The van der Waals surface area contributed by atoms with Crippen molar-refractivity contribution in [3.8, 4) is 0 Å². The number of pyridine rings is 1. The van der Waals surface area contributed by atoms with E-state index in [0.717, 1.165) is 50.3 Å². The van der Waals surface area contributed by atoms with E-state index < -0.39 is 0 Å². The third kappa shape index (κ3) is 3.27. The maximum absolute atomic E-state index is 12.7. The Kier molecular flexibility index (Phi) is 4.44. The smallest absolute Gasteiger partial charge is 0.250 e. The molecule has 2 aromatic rings. The lowest BCUT2D eigenvalue weighted by Crippen LogP contribution is -2.47. The average Bonchev–Trinajstić information content (AvgIpc) is 3.15. The molecule has 0 aliphatic carbocycles. The zero-order chi connectivity index (χ0) is 18.4. The van der Waals surface area contributed by atoms with Crippen LogP contribution in [0.4, 0.5) is 0 Å². The quantitative estimate of drug-likeness (QED) is 0.764. The number of likely N-dealkylation sites (tertiary alicyclic amines) is 1. The molecule has 0 unspecified atom stereocenters. The molecule has 4 heterocycles. The molecule has 27 heavy (non-hydrogen) atoms. The fraction of sp³-hybridized carbons (Fsp3) is 0.455. The number of benzene rings is 1. The molecule has 0 N–H and O–H groups in total. The first-order valence-electron chi connectivity index (χ1n) is 9.88. The first-order chi connectivity index (χ1) is 13.2.